The van der Waals surface area contributed by atoms with Crippen LogP contribution in [0.4, 0.5) is 5.69 Å². The Kier molecular flexibility index (Phi) is 4.42. The van der Waals surface area contributed by atoms with Gasteiger partial charge < -0.3 is 10.0 Å². The van der Waals surface area contributed by atoms with E-state index < -0.39 is 0 Å². The maximum Gasteiger partial charge on any atom is 0.0471 e. The molecule has 0 unspecified atom stereocenters. The summed E-state index contributed by atoms with van der Waals surface area (Å²) in [5, 5.41) is 3.87. The van der Waals surface area contributed by atoms with Crippen LogP contribution in [0.25, 0.3) is 0 Å². The smallest absolute Gasteiger partial charge is 0.0471 e. The van der Waals surface area contributed by atoms with E-state index in [2.05, 4.69) is 10.0 Å². The fourth-order valence-electron chi connectivity index (χ4n) is 1.06. The zero-order valence-electron chi connectivity index (χ0n) is 7.73. The van der Waals surface area contributed by atoms with Gasteiger partial charge in [-0.15, -0.1) is 0 Å². The van der Waals surface area contributed by atoms with Crippen molar-refractivity contribution in [1.29, 1.82) is 0 Å². The van der Waals surface area contributed by atoms with Crippen LogP contribution in [-0.2, 0) is 6.54 Å². The second kappa shape index (κ2) is 5.37. The second-order valence-corrected chi connectivity index (χ2v) is 3.66. The maximum absolute atomic E-state index is 6.05. The quantitative estimate of drug-likeness (QED) is 0.757. The highest BCUT2D eigenvalue weighted by atomic mass is 35.5. The van der Waals surface area contributed by atoms with Gasteiger partial charge in [-0.2, -0.15) is 0 Å². The first-order valence-electron chi connectivity index (χ1n) is 4.00. The third kappa shape index (κ3) is 3.10. The monoisotopic (exact) mass is 216 g/mol. The molecule has 0 fully saturated rings. The average Bonchev–Trinajstić information content (AvgIpc) is 2.10. The van der Waals surface area contributed by atoms with Gasteiger partial charge in [-0.05, 0) is 24.7 Å². The molecule has 1 aromatic rings. The Hall–Kier alpha value is -0.380. The van der Waals surface area contributed by atoms with E-state index in [0.29, 0.717) is 0 Å². The van der Waals surface area contributed by atoms with Crippen molar-refractivity contribution >= 4 is 29.2 Å². The molecule has 4 heteroatoms. The van der Waals surface area contributed by atoms with Crippen molar-refractivity contribution in [3.8, 4) is 0 Å². The first-order chi connectivity index (χ1) is 6.27. The predicted molar refractivity (Wildman–Crippen MR) is 61.4 cm³/mol. The number of benzene rings is 1. The summed E-state index contributed by atoms with van der Waals surface area (Å²) < 4.78 is 3.13. The molecule has 1 aromatic carbocycles. The minimum Gasteiger partial charge on any atom is -0.330 e. The van der Waals surface area contributed by atoms with Crippen LogP contribution in [0, 0.1) is 0 Å². The number of rotatable bonds is 4. The Balaban J connectivity index is 2.79. The van der Waals surface area contributed by atoms with E-state index in [1.165, 1.54) is 0 Å². The van der Waals surface area contributed by atoms with Gasteiger partial charge >= 0.3 is 0 Å². The molecule has 0 aliphatic heterocycles. The normalized spacial score (nSPS) is 10.1. The zero-order valence-corrected chi connectivity index (χ0v) is 9.30. The van der Waals surface area contributed by atoms with E-state index >= 15 is 0 Å². The molecule has 0 aromatic heterocycles. The number of hydrogen-bond donors (Lipinski definition) is 2. The Morgan fingerprint density at radius 2 is 2.23 bits per heavy atom. The highest BCUT2D eigenvalue weighted by Gasteiger charge is 1.99. The standard InChI is InChI=1S/C9H13ClN2S/c1-11-6-7-3-4-8(12-13-2)5-9(7)10/h3-5,11-12H,6H2,1-2H3. The lowest BCUT2D eigenvalue weighted by Crippen LogP contribution is -2.05. The van der Waals surface area contributed by atoms with Crippen LogP contribution < -0.4 is 10.0 Å². The lowest BCUT2D eigenvalue weighted by Gasteiger charge is -2.06. The van der Waals surface area contributed by atoms with Crippen molar-refractivity contribution in [2.75, 3.05) is 18.0 Å². The van der Waals surface area contributed by atoms with Crippen molar-refractivity contribution in [3.63, 3.8) is 0 Å². The third-order valence-corrected chi connectivity index (χ3v) is 2.43. The molecule has 1 rings (SSSR count). The number of halogens is 1. The van der Waals surface area contributed by atoms with Crippen LogP contribution in [0.15, 0.2) is 18.2 Å². The molecule has 13 heavy (non-hydrogen) atoms. The molecular weight excluding hydrogens is 204 g/mol. The lowest BCUT2D eigenvalue weighted by molar-refractivity contribution is 0.818. The average molecular weight is 217 g/mol. The van der Waals surface area contributed by atoms with Gasteiger partial charge in [0, 0.05) is 23.5 Å². The van der Waals surface area contributed by atoms with Gasteiger partial charge in [0.1, 0.15) is 0 Å². The van der Waals surface area contributed by atoms with E-state index in [9.17, 15) is 0 Å². The van der Waals surface area contributed by atoms with Crippen LogP contribution in [0.5, 0.6) is 0 Å². The summed E-state index contributed by atoms with van der Waals surface area (Å²) in [6, 6.07) is 5.98. The fourth-order valence-corrected chi connectivity index (χ4v) is 1.67. The summed E-state index contributed by atoms with van der Waals surface area (Å²) >= 11 is 7.61. The lowest BCUT2D eigenvalue weighted by atomic mass is 10.2. The molecule has 0 heterocycles. The summed E-state index contributed by atoms with van der Waals surface area (Å²) in [7, 11) is 1.91. The largest absolute Gasteiger partial charge is 0.330 e. The van der Waals surface area contributed by atoms with E-state index in [1.807, 2.05) is 31.5 Å². The van der Waals surface area contributed by atoms with Crippen LogP contribution in [0.1, 0.15) is 5.56 Å². The molecule has 72 valence electrons. The molecule has 0 spiro atoms. The van der Waals surface area contributed by atoms with Crippen molar-refractivity contribution in [2.24, 2.45) is 0 Å². The van der Waals surface area contributed by atoms with Crippen LogP contribution in [0.3, 0.4) is 0 Å². The Bertz CT molecular complexity index is 278. The van der Waals surface area contributed by atoms with Gasteiger partial charge in [-0.3, -0.25) is 0 Å². The molecule has 2 nitrogen and oxygen atoms in total. The SMILES string of the molecule is CNCc1ccc(NSC)cc1Cl. The third-order valence-electron chi connectivity index (χ3n) is 1.64. The zero-order chi connectivity index (χ0) is 9.68. The van der Waals surface area contributed by atoms with Crippen LogP contribution >= 0.6 is 23.5 Å². The van der Waals surface area contributed by atoms with Crippen molar-refractivity contribution in [2.45, 2.75) is 6.54 Å². The molecule has 0 saturated heterocycles. The van der Waals surface area contributed by atoms with E-state index in [4.69, 9.17) is 11.6 Å². The van der Waals surface area contributed by atoms with Crippen LogP contribution in [-0.4, -0.2) is 13.3 Å². The van der Waals surface area contributed by atoms with Crippen molar-refractivity contribution < 1.29 is 0 Å². The molecule has 0 aliphatic carbocycles. The summed E-state index contributed by atoms with van der Waals surface area (Å²) in [5.74, 6) is 0. The first-order valence-corrected chi connectivity index (χ1v) is 5.60. The number of anilines is 1. The topological polar surface area (TPSA) is 24.1 Å². The highest BCUT2D eigenvalue weighted by molar-refractivity contribution is 7.99. The van der Waals surface area contributed by atoms with Gasteiger partial charge in [0.05, 0.1) is 0 Å². The summed E-state index contributed by atoms with van der Waals surface area (Å²) in [5.41, 5.74) is 2.16. The molecule has 0 aliphatic rings. The molecule has 0 atom stereocenters. The molecule has 0 bridgehead atoms. The second-order valence-electron chi connectivity index (χ2n) is 2.64. The minimum absolute atomic E-state index is 0.799. The van der Waals surface area contributed by atoms with Crippen molar-refractivity contribution in [3.05, 3.63) is 28.8 Å². The molecule has 0 amide bonds. The summed E-state index contributed by atoms with van der Waals surface area (Å²) in [6.45, 7) is 0.804. The number of nitrogens with one attached hydrogen (secondary N) is 2. The Morgan fingerprint density at radius 3 is 2.77 bits per heavy atom. The fraction of sp³-hybridized carbons (Fsp3) is 0.333. The number of hydrogen-bond acceptors (Lipinski definition) is 3. The summed E-state index contributed by atoms with van der Waals surface area (Å²) in [4.78, 5) is 0. The molecule has 0 saturated carbocycles. The molecular formula is C9H13ClN2S. The predicted octanol–water partition coefficient (Wildman–Crippen LogP) is 2.75. The minimum atomic E-state index is 0.799. The highest BCUT2D eigenvalue weighted by Crippen LogP contribution is 2.22. The van der Waals surface area contributed by atoms with Gasteiger partial charge in [-0.25, -0.2) is 0 Å². The van der Waals surface area contributed by atoms with Gasteiger partial charge in [-0.1, -0.05) is 29.6 Å². The van der Waals surface area contributed by atoms with E-state index in [-0.39, 0.29) is 0 Å². The Labute approximate surface area is 88.2 Å². The van der Waals surface area contributed by atoms with E-state index in [0.717, 1.165) is 22.8 Å². The maximum atomic E-state index is 6.05. The van der Waals surface area contributed by atoms with Crippen molar-refractivity contribution in [1.82, 2.24) is 5.32 Å². The first kappa shape index (κ1) is 10.7. The Morgan fingerprint density at radius 1 is 1.46 bits per heavy atom. The van der Waals surface area contributed by atoms with Gasteiger partial charge in [0.15, 0.2) is 0 Å². The van der Waals surface area contributed by atoms with E-state index in [1.54, 1.807) is 11.9 Å². The van der Waals surface area contributed by atoms with Gasteiger partial charge in [0.2, 0.25) is 0 Å². The summed E-state index contributed by atoms with van der Waals surface area (Å²) in [6.07, 6.45) is 1.98. The van der Waals surface area contributed by atoms with Gasteiger partial charge in [0.25, 0.3) is 0 Å². The molecule has 0 radical (unpaired) electrons. The molecule has 2 N–H and O–H groups in total. The van der Waals surface area contributed by atoms with Crippen LogP contribution in [0.2, 0.25) is 5.02 Å².